The molecule has 41 heavy (non-hydrogen) atoms. The lowest BCUT2D eigenvalue weighted by atomic mass is 9.71. The molecular weight excluding hydrogens is 554 g/mol. The first-order valence-corrected chi connectivity index (χ1v) is 15.8. The first-order chi connectivity index (χ1) is 19.4. The topological polar surface area (TPSA) is 125 Å². The van der Waals surface area contributed by atoms with E-state index in [0.29, 0.717) is 33.9 Å². The van der Waals surface area contributed by atoms with Gasteiger partial charge in [0.2, 0.25) is 21.9 Å². The number of halogens is 2. The van der Waals surface area contributed by atoms with Gasteiger partial charge in [0.1, 0.15) is 5.69 Å². The smallest absolute Gasteiger partial charge is 0.258 e. The minimum absolute atomic E-state index is 0.0437. The number of carbonyl (C=O) groups excluding carboxylic acids is 2. The number of alkyl halides is 2. The Morgan fingerprint density at radius 3 is 2.37 bits per heavy atom. The Morgan fingerprint density at radius 1 is 1.05 bits per heavy atom. The van der Waals surface area contributed by atoms with Crippen LogP contribution in [0.4, 0.5) is 31.8 Å². The monoisotopic (exact) mass is 588 g/mol. The number of likely N-dealkylation sites (N-methyl/N-ethyl adjacent to an activating group) is 1. The van der Waals surface area contributed by atoms with Crippen molar-refractivity contribution in [1.29, 1.82) is 0 Å². The second-order valence-electron chi connectivity index (χ2n) is 11.9. The lowest BCUT2D eigenvalue weighted by molar-refractivity contribution is -0.128. The van der Waals surface area contributed by atoms with E-state index in [9.17, 15) is 26.8 Å². The van der Waals surface area contributed by atoms with Gasteiger partial charge in [-0.25, -0.2) is 27.2 Å². The van der Waals surface area contributed by atoms with Crippen LogP contribution < -0.4 is 19.8 Å². The van der Waals surface area contributed by atoms with Gasteiger partial charge >= 0.3 is 0 Å². The zero-order valence-electron chi connectivity index (χ0n) is 23.2. The van der Waals surface area contributed by atoms with Crippen LogP contribution in [0.5, 0.6) is 0 Å². The van der Waals surface area contributed by atoms with Crippen LogP contribution in [0.1, 0.15) is 74.3 Å². The highest BCUT2D eigenvalue weighted by Crippen LogP contribution is 2.54. The Hall–Kier alpha value is -3.35. The maximum Gasteiger partial charge on any atom is 0.258 e. The number of benzene rings is 1. The molecule has 0 unspecified atom stereocenters. The van der Waals surface area contributed by atoms with E-state index in [4.69, 9.17) is 0 Å². The number of aromatic nitrogens is 2. The number of rotatable bonds is 6. The Kier molecular flexibility index (Phi) is 6.51. The Bertz CT molecular complexity index is 1510. The standard InChI is InChI=1S/C28H34F2N6O4S/c1-3-41(39,40)34-18-4-5-19(20(16-18)36-14-12-26(6-7-26)13-15-36)24(37)33-21-17-31-23-22(32-21)27(25(38)35(23)2)8-10-28(29,30)11-9-27/h4-5,16-17,34H,3,6-15H2,1-2H3,(H,32,33,37). The fraction of sp³-hybridized carbons (Fsp3) is 0.571. The Balaban J connectivity index is 1.29. The van der Waals surface area contributed by atoms with Crippen LogP contribution in [0.2, 0.25) is 0 Å². The number of nitrogens with zero attached hydrogens (tertiary/aromatic N) is 4. The molecule has 2 N–H and O–H groups in total. The summed E-state index contributed by atoms with van der Waals surface area (Å²) in [6.07, 6.45) is 4.90. The number of nitrogens with one attached hydrogen (secondary N) is 2. The van der Waals surface area contributed by atoms with Gasteiger partial charge in [-0.15, -0.1) is 0 Å². The molecule has 1 aromatic heterocycles. The molecule has 1 aromatic carbocycles. The molecule has 6 rings (SSSR count). The van der Waals surface area contributed by atoms with Gasteiger partial charge in [-0.05, 0) is 69.1 Å². The summed E-state index contributed by atoms with van der Waals surface area (Å²) in [6.45, 7) is 3.06. The first kappa shape index (κ1) is 27.8. The molecule has 1 saturated heterocycles. The van der Waals surface area contributed by atoms with Crippen molar-refractivity contribution in [2.75, 3.05) is 45.7 Å². The van der Waals surface area contributed by atoms with Gasteiger partial charge in [0.05, 0.1) is 34.3 Å². The van der Waals surface area contributed by atoms with Crippen LogP contribution in [0, 0.1) is 5.41 Å². The van der Waals surface area contributed by atoms with Crippen LogP contribution in [-0.2, 0) is 20.2 Å². The summed E-state index contributed by atoms with van der Waals surface area (Å²) in [5, 5.41) is 2.79. The first-order valence-electron chi connectivity index (χ1n) is 14.1. The SMILES string of the molecule is CCS(=O)(=O)Nc1ccc(C(=O)Nc2cnc3c(n2)C2(CCC(F)(F)CC2)C(=O)N3C)c(N2CCC3(CC2)CC3)c1. The largest absolute Gasteiger partial charge is 0.371 e. The number of sulfonamides is 1. The summed E-state index contributed by atoms with van der Waals surface area (Å²) in [5.41, 5.74) is 0.871. The summed E-state index contributed by atoms with van der Waals surface area (Å²) >= 11 is 0. The van der Waals surface area contributed by atoms with Gasteiger partial charge in [0.25, 0.3) is 5.91 Å². The summed E-state index contributed by atoms with van der Waals surface area (Å²) < 4.78 is 55.0. The predicted molar refractivity (Wildman–Crippen MR) is 151 cm³/mol. The van der Waals surface area contributed by atoms with Gasteiger partial charge in [-0.1, -0.05) is 0 Å². The summed E-state index contributed by atoms with van der Waals surface area (Å²) in [4.78, 5) is 39.2. The molecule has 2 saturated carbocycles. The van der Waals surface area contributed by atoms with E-state index in [0.717, 1.165) is 25.9 Å². The molecule has 4 aliphatic rings. The van der Waals surface area contributed by atoms with Crippen molar-refractivity contribution in [3.8, 4) is 0 Å². The van der Waals surface area contributed by atoms with E-state index in [1.807, 2.05) is 0 Å². The second kappa shape index (κ2) is 9.60. The van der Waals surface area contributed by atoms with Crippen LogP contribution >= 0.6 is 0 Å². The predicted octanol–water partition coefficient (Wildman–Crippen LogP) is 4.29. The molecule has 3 heterocycles. The maximum absolute atomic E-state index is 14.0. The maximum atomic E-state index is 14.0. The quantitative estimate of drug-likeness (QED) is 0.516. The van der Waals surface area contributed by atoms with Crippen molar-refractivity contribution in [3.05, 3.63) is 35.7 Å². The minimum atomic E-state index is -3.51. The molecule has 0 radical (unpaired) electrons. The number of hydrogen-bond acceptors (Lipinski definition) is 7. The molecule has 0 bridgehead atoms. The number of fused-ring (bicyclic) bond motifs is 2. The third-order valence-corrected chi connectivity index (χ3v) is 10.6. The lowest BCUT2D eigenvalue weighted by Gasteiger charge is -2.35. The number of carbonyl (C=O) groups is 2. The van der Waals surface area contributed by atoms with Gasteiger partial charge < -0.3 is 10.2 Å². The van der Waals surface area contributed by atoms with Crippen molar-refractivity contribution in [2.24, 2.45) is 5.41 Å². The average molecular weight is 589 g/mol. The van der Waals surface area contributed by atoms with Crippen molar-refractivity contribution in [1.82, 2.24) is 9.97 Å². The van der Waals surface area contributed by atoms with E-state index in [2.05, 4.69) is 24.9 Å². The van der Waals surface area contributed by atoms with Crippen molar-refractivity contribution in [3.63, 3.8) is 0 Å². The average Bonchev–Trinajstić information content (AvgIpc) is 3.67. The fourth-order valence-corrected chi connectivity index (χ4v) is 7.03. The fourth-order valence-electron chi connectivity index (χ4n) is 6.40. The highest BCUT2D eigenvalue weighted by Gasteiger charge is 2.56. The van der Waals surface area contributed by atoms with Crippen LogP contribution in [0.25, 0.3) is 0 Å². The highest BCUT2D eigenvalue weighted by atomic mass is 32.2. The van der Waals surface area contributed by atoms with E-state index in [1.165, 1.54) is 23.9 Å². The van der Waals surface area contributed by atoms with E-state index in [1.54, 1.807) is 32.2 Å². The molecule has 10 nitrogen and oxygen atoms in total. The molecule has 2 amide bonds. The summed E-state index contributed by atoms with van der Waals surface area (Å²) in [5.74, 6) is -3.25. The normalized spacial score (nSPS) is 22.1. The summed E-state index contributed by atoms with van der Waals surface area (Å²) in [6, 6.07) is 4.83. The van der Waals surface area contributed by atoms with Crippen molar-refractivity contribution < 1.29 is 26.8 Å². The van der Waals surface area contributed by atoms with Gasteiger partial charge in [0, 0.05) is 33.0 Å². The van der Waals surface area contributed by atoms with Crippen molar-refractivity contribution in [2.45, 2.75) is 69.6 Å². The molecule has 13 heteroatoms. The van der Waals surface area contributed by atoms with Crippen LogP contribution in [0.3, 0.4) is 0 Å². The number of amides is 2. The zero-order valence-corrected chi connectivity index (χ0v) is 24.0. The van der Waals surface area contributed by atoms with E-state index >= 15 is 0 Å². The third-order valence-electron chi connectivity index (χ3n) is 9.33. The molecule has 2 aromatic rings. The number of piperidine rings is 1. The molecule has 3 fully saturated rings. The van der Waals surface area contributed by atoms with Crippen molar-refractivity contribution >= 4 is 44.8 Å². The number of hydrogen-bond donors (Lipinski definition) is 2. The molecule has 2 spiro atoms. The molecule has 0 atom stereocenters. The Morgan fingerprint density at radius 2 is 1.73 bits per heavy atom. The molecular formula is C28H34F2N6O4S. The third kappa shape index (κ3) is 5.02. The number of anilines is 4. The van der Waals surface area contributed by atoms with Gasteiger partial charge in [-0.2, -0.15) is 0 Å². The minimum Gasteiger partial charge on any atom is -0.371 e. The Labute approximate surface area is 238 Å². The second-order valence-corrected chi connectivity index (χ2v) is 13.9. The van der Waals surface area contributed by atoms with E-state index < -0.39 is 40.1 Å². The molecule has 2 aliphatic heterocycles. The van der Waals surface area contributed by atoms with Gasteiger partial charge in [0.15, 0.2) is 11.6 Å². The lowest BCUT2D eigenvalue weighted by Crippen LogP contribution is -2.44. The molecule has 220 valence electrons. The summed E-state index contributed by atoms with van der Waals surface area (Å²) in [7, 11) is -1.96. The van der Waals surface area contributed by atoms with Gasteiger partial charge in [-0.3, -0.25) is 19.2 Å². The zero-order chi connectivity index (χ0) is 29.2. The van der Waals surface area contributed by atoms with Crippen LogP contribution in [-0.4, -0.2) is 62.0 Å². The van der Waals surface area contributed by atoms with E-state index in [-0.39, 0.29) is 30.3 Å². The van der Waals surface area contributed by atoms with Crippen LogP contribution in [0.15, 0.2) is 24.4 Å². The molecule has 2 aliphatic carbocycles. The highest BCUT2D eigenvalue weighted by molar-refractivity contribution is 7.92.